The highest BCUT2D eigenvalue weighted by atomic mass is 16.4. The predicted molar refractivity (Wildman–Crippen MR) is 62.2 cm³/mol. The molecule has 0 radical (unpaired) electrons. The van der Waals surface area contributed by atoms with E-state index in [1.807, 2.05) is 36.2 Å². The fourth-order valence-electron chi connectivity index (χ4n) is 2.38. The Kier molecular flexibility index (Phi) is 2.83. The van der Waals surface area contributed by atoms with Crippen LogP contribution in [0.2, 0.25) is 0 Å². The summed E-state index contributed by atoms with van der Waals surface area (Å²) in [5, 5.41) is 9.17. The van der Waals surface area contributed by atoms with Crippen LogP contribution in [0.3, 0.4) is 0 Å². The highest BCUT2D eigenvalue weighted by molar-refractivity contribution is 5.72. The van der Waals surface area contributed by atoms with Crippen molar-refractivity contribution in [2.24, 2.45) is 5.92 Å². The van der Waals surface area contributed by atoms with E-state index in [0.717, 1.165) is 12.1 Å². The largest absolute Gasteiger partial charge is 0.481 e. The van der Waals surface area contributed by atoms with Crippen molar-refractivity contribution in [3.8, 4) is 0 Å². The van der Waals surface area contributed by atoms with E-state index in [4.69, 9.17) is 5.73 Å². The standard InChI is InChI=1S/C12H16N2O2/c1-14-6-10(11(7-14)12(15)16)8-3-2-4-9(13)5-8/h2-5,10-11H,6-7,13H2,1H3,(H,15,16). The SMILES string of the molecule is CN1CC(C(=O)O)C(c2cccc(N)c2)C1. The van der Waals surface area contributed by atoms with Gasteiger partial charge in [-0.3, -0.25) is 4.79 Å². The van der Waals surface area contributed by atoms with E-state index in [9.17, 15) is 9.90 Å². The van der Waals surface area contributed by atoms with Crippen molar-refractivity contribution in [1.82, 2.24) is 4.90 Å². The third-order valence-electron chi connectivity index (χ3n) is 3.16. The Morgan fingerprint density at radius 3 is 2.88 bits per heavy atom. The number of hydrogen-bond donors (Lipinski definition) is 2. The summed E-state index contributed by atoms with van der Waals surface area (Å²) in [7, 11) is 1.95. The quantitative estimate of drug-likeness (QED) is 0.730. The molecule has 4 nitrogen and oxygen atoms in total. The van der Waals surface area contributed by atoms with Gasteiger partial charge in [0.05, 0.1) is 5.92 Å². The van der Waals surface area contributed by atoms with Crippen molar-refractivity contribution >= 4 is 11.7 Å². The van der Waals surface area contributed by atoms with E-state index in [1.54, 1.807) is 0 Å². The Balaban J connectivity index is 2.28. The first-order valence-corrected chi connectivity index (χ1v) is 5.34. The maximum absolute atomic E-state index is 11.2. The minimum absolute atomic E-state index is 0.0472. The lowest BCUT2D eigenvalue weighted by Crippen LogP contribution is -2.21. The van der Waals surface area contributed by atoms with Crippen LogP contribution in [0.5, 0.6) is 0 Å². The Bertz CT molecular complexity index is 406. The molecule has 1 saturated heterocycles. The summed E-state index contributed by atoms with van der Waals surface area (Å²) >= 11 is 0. The molecule has 2 rings (SSSR count). The molecular weight excluding hydrogens is 204 g/mol. The number of nitrogen functional groups attached to an aromatic ring is 1. The van der Waals surface area contributed by atoms with Crippen LogP contribution in [0.1, 0.15) is 11.5 Å². The van der Waals surface area contributed by atoms with Gasteiger partial charge < -0.3 is 15.7 Å². The van der Waals surface area contributed by atoms with E-state index in [-0.39, 0.29) is 11.8 Å². The zero-order chi connectivity index (χ0) is 11.7. The van der Waals surface area contributed by atoms with Gasteiger partial charge in [-0.2, -0.15) is 0 Å². The average Bonchev–Trinajstić information content (AvgIpc) is 2.60. The van der Waals surface area contributed by atoms with Crippen LogP contribution in [0.25, 0.3) is 0 Å². The van der Waals surface area contributed by atoms with Crippen LogP contribution >= 0.6 is 0 Å². The summed E-state index contributed by atoms with van der Waals surface area (Å²) in [5.41, 5.74) is 7.44. The van der Waals surface area contributed by atoms with Gasteiger partial charge in [-0.1, -0.05) is 12.1 Å². The number of nitrogens with two attached hydrogens (primary N) is 1. The summed E-state index contributed by atoms with van der Waals surface area (Å²) in [6, 6.07) is 7.52. The number of likely N-dealkylation sites (N-methyl/N-ethyl adjacent to an activating group) is 1. The van der Waals surface area contributed by atoms with Crippen molar-refractivity contribution in [3.05, 3.63) is 29.8 Å². The Morgan fingerprint density at radius 1 is 1.50 bits per heavy atom. The molecule has 1 aromatic rings. The third-order valence-corrected chi connectivity index (χ3v) is 3.16. The number of nitrogens with zero attached hydrogens (tertiary/aromatic N) is 1. The normalized spacial score (nSPS) is 25.8. The number of carboxylic acid groups (broad SMARTS) is 1. The molecule has 0 amide bonds. The molecule has 1 aliphatic heterocycles. The van der Waals surface area contributed by atoms with E-state index in [0.29, 0.717) is 12.2 Å². The number of anilines is 1. The van der Waals surface area contributed by atoms with Crippen LogP contribution in [-0.4, -0.2) is 36.1 Å². The van der Waals surface area contributed by atoms with Gasteiger partial charge >= 0.3 is 5.97 Å². The topological polar surface area (TPSA) is 66.6 Å². The summed E-state index contributed by atoms with van der Waals surface area (Å²) in [4.78, 5) is 13.2. The molecular formula is C12H16N2O2. The van der Waals surface area contributed by atoms with Gasteiger partial charge in [-0.15, -0.1) is 0 Å². The molecule has 1 fully saturated rings. The molecule has 2 unspecified atom stereocenters. The molecule has 1 aliphatic rings. The summed E-state index contributed by atoms with van der Waals surface area (Å²) in [6.45, 7) is 1.38. The Hall–Kier alpha value is -1.55. The summed E-state index contributed by atoms with van der Waals surface area (Å²) < 4.78 is 0. The molecule has 1 aromatic carbocycles. The van der Waals surface area contributed by atoms with Crippen LogP contribution in [0, 0.1) is 5.92 Å². The number of benzene rings is 1. The first-order chi connectivity index (χ1) is 7.58. The molecule has 0 bridgehead atoms. The molecule has 16 heavy (non-hydrogen) atoms. The van der Waals surface area contributed by atoms with Crippen LogP contribution in [0.15, 0.2) is 24.3 Å². The fourth-order valence-corrected chi connectivity index (χ4v) is 2.38. The van der Waals surface area contributed by atoms with Crippen LogP contribution in [-0.2, 0) is 4.79 Å². The maximum Gasteiger partial charge on any atom is 0.308 e. The van der Waals surface area contributed by atoms with Crippen molar-refractivity contribution in [2.45, 2.75) is 5.92 Å². The van der Waals surface area contributed by atoms with Crippen LogP contribution in [0.4, 0.5) is 5.69 Å². The maximum atomic E-state index is 11.2. The molecule has 86 valence electrons. The minimum atomic E-state index is -0.725. The van der Waals surface area contributed by atoms with Crippen molar-refractivity contribution < 1.29 is 9.90 Å². The van der Waals surface area contributed by atoms with Gasteiger partial charge in [0.15, 0.2) is 0 Å². The van der Waals surface area contributed by atoms with E-state index in [1.165, 1.54) is 0 Å². The summed E-state index contributed by atoms with van der Waals surface area (Å²) in [6.07, 6.45) is 0. The monoisotopic (exact) mass is 220 g/mol. The molecule has 1 heterocycles. The Labute approximate surface area is 94.7 Å². The number of rotatable bonds is 2. The number of carboxylic acids is 1. The molecule has 3 N–H and O–H groups in total. The van der Waals surface area contributed by atoms with Crippen molar-refractivity contribution in [2.75, 3.05) is 25.9 Å². The molecule has 4 heteroatoms. The fraction of sp³-hybridized carbons (Fsp3) is 0.417. The Morgan fingerprint density at radius 2 is 2.25 bits per heavy atom. The zero-order valence-corrected chi connectivity index (χ0v) is 9.26. The minimum Gasteiger partial charge on any atom is -0.481 e. The van der Waals surface area contributed by atoms with Crippen molar-refractivity contribution in [3.63, 3.8) is 0 Å². The number of hydrogen-bond acceptors (Lipinski definition) is 3. The van der Waals surface area contributed by atoms with Crippen molar-refractivity contribution in [1.29, 1.82) is 0 Å². The number of likely N-dealkylation sites (tertiary alicyclic amines) is 1. The smallest absolute Gasteiger partial charge is 0.308 e. The van der Waals surface area contributed by atoms with E-state index in [2.05, 4.69) is 0 Å². The summed E-state index contributed by atoms with van der Waals surface area (Å²) in [5.74, 6) is -1.01. The molecule has 0 aliphatic carbocycles. The highest BCUT2D eigenvalue weighted by Gasteiger charge is 2.36. The second-order valence-corrected chi connectivity index (χ2v) is 4.44. The molecule has 2 atom stereocenters. The van der Waals surface area contributed by atoms with E-state index >= 15 is 0 Å². The lowest BCUT2D eigenvalue weighted by molar-refractivity contribution is -0.141. The average molecular weight is 220 g/mol. The van der Waals surface area contributed by atoms with Gasteiger partial charge in [0.1, 0.15) is 0 Å². The number of carbonyl (C=O) groups is 1. The number of aliphatic carboxylic acids is 1. The zero-order valence-electron chi connectivity index (χ0n) is 9.26. The first kappa shape index (κ1) is 11.0. The van der Waals surface area contributed by atoms with Gasteiger partial charge in [0.2, 0.25) is 0 Å². The highest BCUT2D eigenvalue weighted by Crippen LogP contribution is 2.32. The van der Waals surface area contributed by atoms with Gasteiger partial charge in [0.25, 0.3) is 0 Å². The van der Waals surface area contributed by atoms with Crippen LogP contribution < -0.4 is 5.73 Å². The lowest BCUT2D eigenvalue weighted by atomic mass is 9.89. The first-order valence-electron chi connectivity index (χ1n) is 5.34. The predicted octanol–water partition coefficient (Wildman–Crippen LogP) is 0.999. The van der Waals surface area contributed by atoms with Gasteiger partial charge in [-0.25, -0.2) is 0 Å². The second kappa shape index (κ2) is 4.14. The third kappa shape index (κ3) is 2.02. The van der Waals surface area contributed by atoms with Gasteiger partial charge in [0, 0.05) is 24.7 Å². The van der Waals surface area contributed by atoms with Gasteiger partial charge in [-0.05, 0) is 24.7 Å². The second-order valence-electron chi connectivity index (χ2n) is 4.44. The molecule has 0 spiro atoms. The molecule has 0 aromatic heterocycles. The molecule has 0 saturated carbocycles. The lowest BCUT2D eigenvalue weighted by Gasteiger charge is -2.15. The van der Waals surface area contributed by atoms with E-state index < -0.39 is 5.97 Å².